The number of aromatic hydroxyl groups is 2. The molecule has 3 rings (SSSR count). The summed E-state index contributed by atoms with van der Waals surface area (Å²) >= 11 is 0. The molecule has 3 nitrogen and oxygen atoms in total. The van der Waals surface area contributed by atoms with Crippen molar-refractivity contribution in [2.45, 2.75) is 38.6 Å². The highest BCUT2D eigenvalue weighted by Crippen LogP contribution is 2.41. The van der Waals surface area contributed by atoms with E-state index in [0.717, 1.165) is 24.9 Å². The number of phenolic OH excluding ortho intramolecular Hbond substituents is 2. The summed E-state index contributed by atoms with van der Waals surface area (Å²) in [5.74, 6) is 0.772. The monoisotopic (exact) mass is 327 g/mol. The van der Waals surface area contributed by atoms with E-state index in [9.17, 15) is 10.2 Å². The topological polar surface area (TPSA) is 43.7 Å². The van der Waals surface area contributed by atoms with Crippen LogP contribution < -0.4 is 0 Å². The van der Waals surface area contributed by atoms with Crippen LogP contribution in [0, 0.1) is 5.92 Å². The molecule has 4 heteroatoms. The van der Waals surface area contributed by atoms with Crippen molar-refractivity contribution in [2.24, 2.45) is 5.92 Å². The van der Waals surface area contributed by atoms with Gasteiger partial charge in [-0.05, 0) is 56.3 Å². The van der Waals surface area contributed by atoms with Crippen molar-refractivity contribution in [2.75, 3.05) is 13.1 Å². The van der Waals surface area contributed by atoms with Crippen molar-refractivity contribution in [3.05, 3.63) is 23.3 Å². The normalized spacial score (nSPS) is 26.2. The number of rotatable bonds is 1. The Bertz CT molecular complexity index is 464. The van der Waals surface area contributed by atoms with E-state index in [4.69, 9.17) is 0 Å². The number of phenols is 2. The molecule has 0 spiro atoms. The van der Waals surface area contributed by atoms with Gasteiger partial charge < -0.3 is 15.1 Å². The lowest BCUT2D eigenvalue weighted by atomic mass is 9.75. The molecule has 0 unspecified atom stereocenters. The maximum absolute atomic E-state index is 9.99. The molecule has 1 aliphatic carbocycles. The van der Waals surface area contributed by atoms with E-state index in [-0.39, 0.29) is 28.5 Å². The van der Waals surface area contributed by atoms with Crippen molar-refractivity contribution >= 4 is 17.0 Å². The molecule has 0 saturated carbocycles. The van der Waals surface area contributed by atoms with E-state index in [1.807, 2.05) is 6.07 Å². The molecule has 2 N–H and O–H groups in total. The first-order valence-corrected chi connectivity index (χ1v) is 6.97. The fraction of sp³-hybridized carbons (Fsp3) is 0.600. The molecule has 1 saturated heterocycles. The van der Waals surface area contributed by atoms with Crippen LogP contribution in [-0.4, -0.2) is 34.2 Å². The van der Waals surface area contributed by atoms with Gasteiger partial charge >= 0.3 is 0 Å². The third kappa shape index (κ3) is 2.48. The summed E-state index contributed by atoms with van der Waals surface area (Å²) in [6.45, 7) is 4.55. The van der Waals surface area contributed by atoms with Crippen LogP contribution in [0.3, 0.4) is 0 Å². The largest absolute Gasteiger partial charge is 0.504 e. The second-order valence-corrected chi connectivity index (χ2v) is 5.58. The summed E-state index contributed by atoms with van der Waals surface area (Å²) in [7, 11) is 0. The molecule has 0 aromatic heterocycles. The Morgan fingerprint density at radius 3 is 2.79 bits per heavy atom. The van der Waals surface area contributed by atoms with E-state index < -0.39 is 0 Å². The molecule has 1 heterocycles. The second-order valence-electron chi connectivity index (χ2n) is 5.58. The third-order valence-corrected chi connectivity index (χ3v) is 4.69. The standard InChI is InChI=1S/C15H21NO2.BrH/c1-2-16-7-3-4-11-8-12-10(9-13(11)16)5-6-14(17)15(12)18;/h5-6,11,13,17-18H,2-4,7-9H2,1H3;1H/t11-,13-;/m1./s1. The molecule has 2 aliphatic rings. The van der Waals surface area contributed by atoms with Crippen molar-refractivity contribution in [3.63, 3.8) is 0 Å². The van der Waals surface area contributed by atoms with Gasteiger partial charge in [0.1, 0.15) is 0 Å². The van der Waals surface area contributed by atoms with Crippen LogP contribution >= 0.6 is 17.0 Å². The Morgan fingerprint density at radius 1 is 1.26 bits per heavy atom. The number of likely N-dealkylation sites (tertiary alicyclic amines) is 1. The fourth-order valence-electron chi connectivity index (χ4n) is 3.71. The third-order valence-electron chi connectivity index (χ3n) is 4.69. The summed E-state index contributed by atoms with van der Waals surface area (Å²) in [5, 5.41) is 19.6. The first-order chi connectivity index (χ1) is 8.70. The zero-order valence-electron chi connectivity index (χ0n) is 11.3. The van der Waals surface area contributed by atoms with Gasteiger partial charge in [-0.3, -0.25) is 0 Å². The zero-order valence-corrected chi connectivity index (χ0v) is 13.0. The van der Waals surface area contributed by atoms with Gasteiger partial charge in [0, 0.05) is 11.6 Å². The predicted molar refractivity (Wildman–Crippen MR) is 81.3 cm³/mol. The van der Waals surface area contributed by atoms with Gasteiger partial charge in [-0.2, -0.15) is 0 Å². The maximum atomic E-state index is 9.99. The number of benzene rings is 1. The molecule has 0 radical (unpaired) electrons. The van der Waals surface area contributed by atoms with Crippen LogP contribution in [0.25, 0.3) is 0 Å². The second kappa shape index (κ2) is 5.71. The molecule has 2 atom stereocenters. The van der Waals surface area contributed by atoms with Crippen LogP contribution in [0.15, 0.2) is 12.1 Å². The Kier molecular flexibility index (Phi) is 4.41. The highest BCUT2D eigenvalue weighted by molar-refractivity contribution is 8.93. The van der Waals surface area contributed by atoms with E-state index in [0.29, 0.717) is 12.0 Å². The Hall–Kier alpha value is -0.740. The molecule has 0 amide bonds. The maximum Gasteiger partial charge on any atom is 0.160 e. The van der Waals surface area contributed by atoms with Gasteiger partial charge in [0.25, 0.3) is 0 Å². The lowest BCUT2D eigenvalue weighted by Gasteiger charge is -2.44. The number of nitrogens with zero attached hydrogens (tertiary/aromatic N) is 1. The minimum Gasteiger partial charge on any atom is -0.504 e. The SMILES string of the molecule is Br.CCN1CCC[C@@H]2Cc3c(ccc(O)c3O)C[C@H]21. The lowest BCUT2D eigenvalue weighted by Crippen LogP contribution is -2.48. The molecule has 1 aromatic carbocycles. The van der Waals surface area contributed by atoms with Gasteiger partial charge in [0.2, 0.25) is 0 Å². The van der Waals surface area contributed by atoms with E-state index in [2.05, 4.69) is 11.8 Å². The predicted octanol–water partition coefficient (Wildman–Crippen LogP) is 2.87. The van der Waals surface area contributed by atoms with Crippen molar-refractivity contribution < 1.29 is 10.2 Å². The summed E-state index contributed by atoms with van der Waals surface area (Å²) in [5.41, 5.74) is 2.20. The van der Waals surface area contributed by atoms with Crippen LogP contribution in [-0.2, 0) is 12.8 Å². The molecule has 1 aliphatic heterocycles. The summed E-state index contributed by atoms with van der Waals surface area (Å²) < 4.78 is 0. The van der Waals surface area contributed by atoms with E-state index in [1.165, 1.54) is 24.9 Å². The summed E-state index contributed by atoms with van der Waals surface area (Å²) in [6.07, 6.45) is 4.43. The minimum atomic E-state index is 0. The quantitative estimate of drug-likeness (QED) is 0.779. The number of likely N-dealkylation sites (N-methyl/N-ethyl adjacent to an activating group) is 1. The number of fused-ring (bicyclic) bond motifs is 2. The average Bonchev–Trinajstić information content (AvgIpc) is 2.41. The highest BCUT2D eigenvalue weighted by Gasteiger charge is 2.35. The zero-order chi connectivity index (χ0) is 12.7. The van der Waals surface area contributed by atoms with Gasteiger partial charge in [0.05, 0.1) is 0 Å². The van der Waals surface area contributed by atoms with Crippen LogP contribution in [0.2, 0.25) is 0 Å². The van der Waals surface area contributed by atoms with Crippen molar-refractivity contribution in [3.8, 4) is 11.5 Å². The Balaban J connectivity index is 0.00000133. The molecule has 106 valence electrons. The summed E-state index contributed by atoms with van der Waals surface area (Å²) in [4.78, 5) is 2.57. The van der Waals surface area contributed by atoms with Crippen LogP contribution in [0.4, 0.5) is 0 Å². The van der Waals surface area contributed by atoms with E-state index >= 15 is 0 Å². The number of halogens is 1. The molecule has 1 aromatic rings. The van der Waals surface area contributed by atoms with Crippen LogP contribution in [0.5, 0.6) is 11.5 Å². The average molecular weight is 328 g/mol. The molecule has 0 bridgehead atoms. The number of piperidine rings is 1. The lowest BCUT2D eigenvalue weighted by molar-refractivity contribution is 0.0902. The van der Waals surface area contributed by atoms with Gasteiger partial charge in [-0.25, -0.2) is 0 Å². The first-order valence-electron chi connectivity index (χ1n) is 6.97. The number of hydrogen-bond donors (Lipinski definition) is 2. The summed E-state index contributed by atoms with van der Waals surface area (Å²) in [6, 6.07) is 4.22. The molecule has 19 heavy (non-hydrogen) atoms. The van der Waals surface area contributed by atoms with Crippen molar-refractivity contribution in [1.29, 1.82) is 0 Å². The smallest absolute Gasteiger partial charge is 0.160 e. The fourth-order valence-corrected chi connectivity index (χ4v) is 3.71. The van der Waals surface area contributed by atoms with E-state index in [1.54, 1.807) is 6.07 Å². The Morgan fingerprint density at radius 2 is 2.05 bits per heavy atom. The van der Waals surface area contributed by atoms with Crippen molar-refractivity contribution in [1.82, 2.24) is 4.90 Å². The molecular weight excluding hydrogens is 306 g/mol. The molecule has 1 fully saturated rings. The number of hydrogen-bond acceptors (Lipinski definition) is 3. The van der Waals surface area contributed by atoms with Gasteiger partial charge in [0.15, 0.2) is 11.5 Å². The van der Waals surface area contributed by atoms with Gasteiger partial charge in [-0.15, -0.1) is 17.0 Å². The first kappa shape index (κ1) is 14.7. The minimum absolute atomic E-state index is 0. The Labute approximate surface area is 125 Å². The highest BCUT2D eigenvalue weighted by atomic mass is 79.9. The molecular formula is C15H22BrNO2. The van der Waals surface area contributed by atoms with Crippen LogP contribution in [0.1, 0.15) is 30.9 Å². The van der Waals surface area contributed by atoms with Gasteiger partial charge in [-0.1, -0.05) is 13.0 Å².